The molecule has 0 aromatic carbocycles. The maximum Gasteiger partial charge on any atom is 0.163 e. The molecule has 0 spiro atoms. The average Bonchev–Trinajstić information content (AvgIpc) is 2.15. The van der Waals surface area contributed by atoms with E-state index < -0.39 is 0 Å². The summed E-state index contributed by atoms with van der Waals surface area (Å²) in [7, 11) is 0. The fraction of sp³-hybridized carbons (Fsp3) is 0.500. The highest BCUT2D eigenvalue weighted by Crippen LogP contribution is 1.90. The lowest BCUT2D eigenvalue weighted by Crippen LogP contribution is -2.18. The Morgan fingerprint density at radius 2 is 2.21 bits per heavy atom. The Hall–Kier alpha value is -1.29. The highest BCUT2D eigenvalue weighted by atomic mass is 16.5. The number of hydrogen-bond acceptors (Lipinski definition) is 3. The van der Waals surface area contributed by atoms with Gasteiger partial charge in [-0.3, -0.25) is 4.99 Å². The fourth-order valence-corrected chi connectivity index (χ4v) is 1.16. The van der Waals surface area contributed by atoms with E-state index in [9.17, 15) is 5.21 Å². The number of nitrogens with zero attached hydrogens (tertiary/aromatic N) is 2. The smallest absolute Gasteiger partial charge is 0.163 e. The van der Waals surface area contributed by atoms with Crippen LogP contribution in [0.1, 0.15) is 18.4 Å². The number of pyridine rings is 1. The quantitative estimate of drug-likeness (QED) is 0.548. The lowest BCUT2D eigenvalue weighted by Gasteiger charge is -1.99. The molecule has 0 bridgehead atoms. The zero-order valence-corrected chi connectivity index (χ0v) is 8.48. The first-order chi connectivity index (χ1) is 6.74. The van der Waals surface area contributed by atoms with Crippen LogP contribution < -0.4 is 11.2 Å². The van der Waals surface area contributed by atoms with Crippen molar-refractivity contribution in [2.24, 2.45) is 10.7 Å². The van der Waals surface area contributed by atoms with Gasteiger partial charge in [0.25, 0.3) is 0 Å². The van der Waals surface area contributed by atoms with E-state index in [1.807, 2.05) is 13.0 Å². The summed E-state index contributed by atoms with van der Waals surface area (Å²) in [5.74, 6) is 0. The van der Waals surface area contributed by atoms with E-state index in [2.05, 4.69) is 4.99 Å². The Labute approximate surface area is 83.7 Å². The van der Waals surface area contributed by atoms with Crippen LogP contribution in [0.4, 0.5) is 0 Å². The molecule has 1 rings (SSSR count). The van der Waals surface area contributed by atoms with E-state index in [1.54, 1.807) is 12.3 Å². The average molecular weight is 195 g/mol. The van der Waals surface area contributed by atoms with Crippen molar-refractivity contribution in [3.63, 3.8) is 0 Å². The van der Waals surface area contributed by atoms with Crippen molar-refractivity contribution in [1.29, 1.82) is 0 Å². The highest BCUT2D eigenvalue weighted by molar-refractivity contribution is 5.05. The predicted molar refractivity (Wildman–Crippen MR) is 55.1 cm³/mol. The number of nitrogens with two attached hydrogens (primary N) is 1. The molecule has 0 unspecified atom stereocenters. The van der Waals surface area contributed by atoms with Gasteiger partial charge in [-0.05, 0) is 37.9 Å². The van der Waals surface area contributed by atoms with Crippen LogP contribution in [0.3, 0.4) is 0 Å². The van der Waals surface area contributed by atoms with E-state index in [0.717, 1.165) is 23.1 Å². The van der Waals surface area contributed by atoms with Crippen LogP contribution in [0.25, 0.3) is 0 Å². The summed E-state index contributed by atoms with van der Waals surface area (Å²) in [6, 6.07) is 3.73. The summed E-state index contributed by atoms with van der Waals surface area (Å²) < 4.78 is 1.05. The molecule has 1 heterocycles. The van der Waals surface area contributed by atoms with Crippen molar-refractivity contribution in [2.45, 2.75) is 19.8 Å². The van der Waals surface area contributed by atoms with Gasteiger partial charge < -0.3 is 10.9 Å². The molecule has 0 amide bonds. The first-order valence-corrected chi connectivity index (χ1v) is 4.83. The molecule has 4 nitrogen and oxygen atoms in total. The zero-order chi connectivity index (χ0) is 10.4. The van der Waals surface area contributed by atoms with Crippen LogP contribution in [0, 0.1) is 6.92 Å². The van der Waals surface area contributed by atoms with Crippen LogP contribution in [-0.2, 0) is 0 Å². The van der Waals surface area contributed by atoms with Gasteiger partial charge in [-0.1, -0.05) is 6.07 Å². The predicted octanol–water partition coefficient (Wildman–Crippen LogP) is 0.673. The largest absolute Gasteiger partial charge is 0.427 e. The number of rotatable bonds is 4. The lowest BCUT2D eigenvalue weighted by atomic mass is 10.3. The second kappa shape index (κ2) is 5.44. The standard InChI is InChI=1S/C10H17N3O/c1-9-4-5-10(13(14)8-9)12-7-3-2-6-11/h4-5,8,14H,2-3,6-7,11H2,1H3. The Morgan fingerprint density at radius 1 is 1.43 bits per heavy atom. The molecule has 0 radical (unpaired) electrons. The summed E-state index contributed by atoms with van der Waals surface area (Å²) in [5.41, 5.74) is 6.96. The monoisotopic (exact) mass is 195 g/mol. The molecule has 14 heavy (non-hydrogen) atoms. The molecule has 0 aliphatic heterocycles. The van der Waals surface area contributed by atoms with Gasteiger partial charge in [-0.25, -0.2) is 0 Å². The molecule has 0 fully saturated rings. The van der Waals surface area contributed by atoms with Gasteiger partial charge in [0, 0.05) is 12.7 Å². The van der Waals surface area contributed by atoms with Crippen LogP contribution in [0.5, 0.6) is 0 Å². The van der Waals surface area contributed by atoms with Crippen molar-refractivity contribution in [2.75, 3.05) is 13.1 Å². The van der Waals surface area contributed by atoms with E-state index >= 15 is 0 Å². The Bertz CT molecular complexity index is 343. The molecule has 1 aromatic heterocycles. The maximum absolute atomic E-state index is 9.45. The minimum absolute atomic E-state index is 0.590. The first-order valence-electron chi connectivity index (χ1n) is 4.83. The summed E-state index contributed by atoms with van der Waals surface area (Å²) >= 11 is 0. The molecule has 78 valence electrons. The zero-order valence-electron chi connectivity index (χ0n) is 8.48. The van der Waals surface area contributed by atoms with Gasteiger partial charge in [-0.2, -0.15) is 4.73 Å². The fourth-order valence-electron chi connectivity index (χ4n) is 1.16. The van der Waals surface area contributed by atoms with Gasteiger partial charge >= 0.3 is 0 Å². The SMILES string of the molecule is Cc1ccc(=NCCCCN)n(O)c1. The van der Waals surface area contributed by atoms with E-state index in [4.69, 9.17) is 5.73 Å². The minimum atomic E-state index is 0.590. The summed E-state index contributed by atoms with van der Waals surface area (Å²) in [6.45, 7) is 3.33. The number of aryl methyl sites for hydroxylation is 1. The summed E-state index contributed by atoms with van der Waals surface area (Å²) in [4.78, 5) is 4.24. The van der Waals surface area contributed by atoms with Crippen LogP contribution in [-0.4, -0.2) is 23.0 Å². The van der Waals surface area contributed by atoms with Gasteiger partial charge in [0.2, 0.25) is 0 Å². The molecule has 0 atom stereocenters. The number of unbranched alkanes of at least 4 members (excludes halogenated alkanes) is 1. The van der Waals surface area contributed by atoms with Gasteiger partial charge in [-0.15, -0.1) is 0 Å². The highest BCUT2D eigenvalue weighted by Gasteiger charge is 1.90. The molecule has 0 aliphatic rings. The minimum Gasteiger partial charge on any atom is -0.427 e. The van der Waals surface area contributed by atoms with E-state index in [1.165, 1.54) is 0 Å². The molecule has 0 saturated carbocycles. The van der Waals surface area contributed by atoms with Crippen LogP contribution >= 0.6 is 0 Å². The molecule has 1 aromatic rings. The lowest BCUT2D eigenvalue weighted by molar-refractivity contribution is 0.171. The van der Waals surface area contributed by atoms with E-state index in [0.29, 0.717) is 18.6 Å². The molecule has 0 aliphatic carbocycles. The van der Waals surface area contributed by atoms with Crippen molar-refractivity contribution >= 4 is 0 Å². The van der Waals surface area contributed by atoms with Gasteiger partial charge in [0.15, 0.2) is 5.49 Å². The van der Waals surface area contributed by atoms with Crippen molar-refractivity contribution in [3.05, 3.63) is 29.4 Å². The third-order valence-corrected chi connectivity index (χ3v) is 1.94. The number of aromatic nitrogens is 1. The normalized spacial score (nSPS) is 12.0. The Balaban J connectivity index is 2.65. The van der Waals surface area contributed by atoms with Crippen molar-refractivity contribution < 1.29 is 5.21 Å². The first kappa shape index (κ1) is 10.8. The third kappa shape index (κ3) is 3.22. The second-order valence-corrected chi connectivity index (χ2v) is 3.29. The van der Waals surface area contributed by atoms with E-state index in [-0.39, 0.29) is 0 Å². The molecule has 3 N–H and O–H groups in total. The van der Waals surface area contributed by atoms with Crippen LogP contribution in [0.15, 0.2) is 23.3 Å². The molecular formula is C10H17N3O. The maximum atomic E-state index is 9.45. The Kier molecular flexibility index (Phi) is 4.19. The number of hydrogen-bond donors (Lipinski definition) is 2. The van der Waals surface area contributed by atoms with Crippen molar-refractivity contribution in [1.82, 2.24) is 4.73 Å². The topological polar surface area (TPSA) is 63.5 Å². The Morgan fingerprint density at radius 3 is 2.86 bits per heavy atom. The molecular weight excluding hydrogens is 178 g/mol. The van der Waals surface area contributed by atoms with Gasteiger partial charge in [0.05, 0.1) is 0 Å². The summed E-state index contributed by atoms with van der Waals surface area (Å²) in [6.07, 6.45) is 3.58. The third-order valence-electron chi connectivity index (χ3n) is 1.94. The molecule has 4 heteroatoms. The summed E-state index contributed by atoms with van der Waals surface area (Å²) in [5, 5.41) is 9.45. The van der Waals surface area contributed by atoms with Gasteiger partial charge in [0.1, 0.15) is 0 Å². The van der Waals surface area contributed by atoms with Crippen molar-refractivity contribution in [3.8, 4) is 0 Å². The van der Waals surface area contributed by atoms with Crippen LogP contribution in [0.2, 0.25) is 0 Å². The second-order valence-electron chi connectivity index (χ2n) is 3.29. The molecule has 0 saturated heterocycles.